The van der Waals surface area contributed by atoms with Gasteiger partial charge in [-0.05, 0) is 30.6 Å². The highest BCUT2D eigenvalue weighted by atomic mass is 14.2. The molecule has 0 amide bonds. The van der Waals surface area contributed by atoms with Gasteiger partial charge in [0.1, 0.15) is 0 Å². The Morgan fingerprint density at radius 1 is 1.12 bits per heavy atom. The molecule has 0 aliphatic rings. The molecule has 0 bridgehead atoms. The first-order valence-electron chi connectivity index (χ1n) is 6.59. The van der Waals surface area contributed by atoms with Crippen molar-refractivity contribution in [1.29, 1.82) is 5.26 Å². The van der Waals surface area contributed by atoms with E-state index < -0.39 is 0 Å². The lowest BCUT2D eigenvalue weighted by Crippen LogP contribution is -1.94. The van der Waals surface area contributed by atoms with E-state index in [0.29, 0.717) is 18.3 Å². The lowest BCUT2D eigenvalue weighted by Gasteiger charge is -2.08. The SMILES string of the molecule is CC(C)CCC[C@@H](C)C=CC[C@@H](C)CC#N. The van der Waals surface area contributed by atoms with E-state index in [1.165, 1.54) is 19.3 Å². The van der Waals surface area contributed by atoms with Crippen LogP contribution in [0.1, 0.15) is 59.8 Å². The summed E-state index contributed by atoms with van der Waals surface area (Å²) in [5.74, 6) is 2.02. The van der Waals surface area contributed by atoms with Crippen LogP contribution in [0.25, 0.3) is 0 Å². The summed E-state index contributed by atoms with van der Waals surface area (Å²) in [6.07, 6.45) is 10.2. The van der Waals surface area contributed by atoms with Crippen molar-refractivity contribution in [3.05, 3.63) is 12.2 Å². The molecule has 1 nitrogen and oxygen atoms in total. The largest absolute Gasteiger partial charge is 0.198 e. The molecule has 2 atom stereocenters. The molecule has 0 rings (SSSR count). The first kappa shape index (κ1) is 15.2. The van der Waals surface area contributed by atoms with Gasteiger partial charge >= 0.3 is 0 Å². The molecular weight excluding hydrogens is 194 g/mol. The molecular formula is C15H27N. The molecule has 0 fully saturated rings. The first-order valence-corrected chi connectivity index (χ1v) is 6.59. The fourth-order valence-electron chi connectivity index (χ4n) is 1.73. The Labute approximate surface area is 102 Å². The normalized spacial score (nSPS) is 15.2. The summed E-state index contributed by atoms with van der Waals surface area (Å²) in [6.45, 7) is 8.98. The topological polar surface area (TPSA) is 23.8 Å². The Bertz CT molecular complexity index is 222. The second kappa shape index (κ2) is 9.46. The van der Waals surface area contributed by atoms with E-state index in [1.54, 1.807) is 0 Å². The van der Waals surface area contributed by atoms with Crippen LogP contribution in [0.15, 0.2) is 12.2 Å². The number of nitrogens with zero attached hydrogens (tertiary/aromatic N) is 1. The summed E-state index contributed by atoms with van der Waals surface area (Å²) >= 11 is 0. The monoisotopic (exact) mass is 221 g/mol. The number of rotatable bonds is 8. The van der Waals surface area contributed by atoms with Gasteiger partial charge in [-0.25, -0.2) is 0 Å². The van der Waals surface area contributed by atoms with Crippen LogP contribution in [0.5, 0.6) is 0 Å². The van der Waals surface area contributed by atoms with Crippen molar-refractivity contribution in [3.63, 3.8) is 0 Å². The van der Waals surface area contributed by atoms with Gasteiger partial charge in [0.2, 0.25) is 0 Å². The average Bonchev–Trinajstić information content (AvgIpc) is 2.17. The van der Waals surface area contributed by atoms with Crippen LogP contribution in [-0.2, 0) is 0 Å². The van der Waals surface area contributed by atoms with Crippen LogP contribution in [0, 0.1) is 29.1 Å². The molecule has 92 valence electrons. The molecule has 16 heavy (non-hydrogen) atoms. The molecule has 0 aromatic heterocycles. The fraction of sp³-hybridized carbons (Fsp3) is 0.800. The molecule has 0 aliphatic heterocycles. The highest BCUT2D eigenvalue weighted by Crippen LogP contribution is 2.14. The number of nitriles is 1. The summed E-state index contributed by atoms with van der Waals surface area (Å²) in [4.78, 5) is 0. The molecule has 0 N–H and O–H groups in total. The maximum absolute atomic E-state index is 8.54. The van der Waals surface area contributed by atoms with Gasteiger partial charge in [-0.2, -0.15) is 5.26 Å². The lowest BCUT2D eigenvalue weighted by molar-refractivity contribution is 0.500. The van der Waals surface area contributed by atoms with Crippen LogP contribution in [0.2, 0.25) is 0 Å². The number of hydrogen-bond donors (Lipinski definition) is 0. The third-order valence-corrected chi connectivity index (χ3v) is 2.88. The lowest BCUT2D eigenvalue weighted by atomic mass is 9.98. The van der Waals surface area contributed by atoms with Gasteiger partial charge in [-0.15, -0.1) is 0 Å². The Morgan fingerprint density at radius 3 is 2.38 bits per heavy atom. The van der Waals surface area contributed by atoms with Crippen molar-refractivity contribution < 1.29 is 0 Å². The number of allylic oxidation sites excluding steroid dienone is 2. The van der Waals surface area contributed by atoms with E-state index in [4.69, 9.17) is 5.26 Å². The average molecular weight is 221 g/mol. The molecule has 0 radical (unpaired) electrons. The van der Waals surface area contributed by atoms with Crippen LogP contribution in [-0.4, -0.2) is 0 Å². The maximum atomic E-state index is 8.54. The minimum absolute atomic E-state index is 0.504. The summed E-state index contributed by atoms with van der Waals surface area (Å²) in [6, 6.07) is 2.22. The third kappa shape index (κ3) is 9.77. The van der Waals surface area contributed by atoms with E-state index >= 15 is 0 Å². The van der Waals surface area contributed by atoms with Gasteiger partial charge in [0.15, 0.2) is 0 Å². The van der Waals surface area contributed by atoms with Gasteiger partial charge in [-0.3, -0.25) is 0 Å². The molecule has 0 heterocycles. The Hall–Kier alpha value is -0.770. The van der Waals surface area contributed by atoms with E-state index in [9.17, 15) is 0 Å². The highest BCUT2D eigenvalue weighted by molar-refractivity contribution is 4.89. The quantitative estimate of drug-likeness (QED) is 0.532. The number of hydrogen-bond acceptors (Lipinski definition) is 1. The third-order valence-electron chi connectivity index (χ3n) is 2.88. The zero-order chi connectivity index (χ0) is 12.4. The van der Waals surface area contributed by atoms with E-state index in [1.807, 2.05) is 0 Å². The van der Waals surface area contributed by atoms with Crippen molar-refractivity contribution in [2.45, 2.75) is 59.8 Å². The van der Waals surface area contributed by atoms with Crippen LogP contribution in [0.4, 0.5) is 0 Å². The van der Waals surface area contributed by atoms with Crippen molar-refractivity contribution in [3.8, 4) is 6.07 Å². The molecule has 0 saturated heterocycles. The molecule has 0 unspecified atom stereocenters. The van der Waals surface area contributed by atoms with Gasteiger partial charge in [0, 0.05) is 6.42 Å². The minimum Gasteiger partial charge on any atom is -0.198 e. The van der Waals surface area contributed by atoms with Crippen LogP contribution in [0.3, 0.4) is 0 Å². The molecule has 0 aliphatic carbocycles. The van der Waals surface area contributed by atoms with Crippen molar-refractivity contribution in [1.82, 2.24) is 0 Å². The minimum atomic E-state index is 0.504. The van der Waals surface area contributed by atoms with Crippen molar-refractivity contribution >= 4 is 0 Å². The Morgan fingerprint density at radius 2 is 1.81 bits per heavy atom. The predicted molar refractivity (Wildman–Crippen MR) is 71.0 cm³/mol. The highest BCUT2D eigenvalue weighted by Gasteiger charge is 2.00. The van der Waals surface area contributed by atoms with Crippen LogP contribution < -0.4 is 0 Å². The van der Waals surface area contributed by atoms with Gasteiger partial charge in [0.05, 0.1) is 6.07 Å². The zero-order valence-corrected chi connectivity index (χ0v) is 11.4. The second-order valence-electron chi connectivity index (χ2n) is 5.43. The fourth-order valence-corrected chi connectivity index (χ4v) is 1.73. The zero-order valence-electron chi connectivity index (χ0n) is 11.4. The van der Waals surface area contributed by atoms with E-state index in [0.717, 1.165) is 12.3 Å². The second-order valence-corrected chi connectivity index (χ2v) is 5.43. The molecule has 0 aromatic rings. The molecule has 0 spiro atoms. The summed E-state index contributed by atoms with van der Waals surface area (Å²) < 4.78 is 0. The summed E-state index contributed by atoms with van der Waals surface area (Å²) in [5, 5.41) is 8.54. The summed E-state index contributed by atoms with van der Waals surface area (Å²) in [5.41, 5.74) is 0. The van der Waals surface area contributed by atoms with Crippen LogP contribution >= 0.6 is 0 Å². The summed E-state index contributed by atoms with van der Waals surface area (Å²) in [7, 11) is 0. The Balaban J connectivity index is 3.58. The van der Waals surface area contributed by atoms with Crippen molar-refractivity contribution in [2.24, 2.45) is 17.8 Å². The molecule has 0 aromatic carbocycles. The molecule has 0 saturated carbocycles. The standard InChI is InChI=1S/C15H27N/c1-13(2)7-5-8-14(3)9-6-10-15(4)11-12-16/h6,9,13-15H,5,7-8,10-11H2,1-4H3/t14-,15-/m1/s1. The van der Waals surface area contributed by atoms with Gasteiger partial charge < -0.3 is 0 Å². The van der Waals surface area contributed by atoms with Gasteiger partial charge in [0.25, 0.3) is 0 Å². The Kier molecular flexibility index (Phi) is 9.00. The predicted octanol–water partition coefficient (Wildman–Crippen LogP) is 4.94. The van der Waals surface area contributed by atoms with E-state index in [-0.39, 0.29) is 0 Å². The maximum Gasteiger partial charge on any atom is 0.0624 e. The smallest absolute Gasteiger partial charge is 0.0624 e. The van der Waals surface area contributed by atoms with E-state index in [2.05, 4.69) is 45.9 Å². The van der Waals surface area contributed by atoms with Crippen molar-refractivity contribution in [2.75, 3.05) is 0 Å². The van der Waals surface area contributed by atoms with Gasteiger partial charge in [-0.1, -0.05) is 52.7 Å². The first-order chi connectivity index (χ1) is 7.56. The molecule has 1 heteroatoms.